The van der Waals surface area contributed by atoms with Gasteiger partial charge in [-0.2, -0.15) is 0 Å². The summed E-state index contributed by atoms with van der Waals surface area (Å²) in [7, 11) is 1.61. The van der Waals surface area contributed by atoms with E-state index in [0.29, 0.717) is 17.5 Å². The number of nitrogens with one attached hydrogen (secondary N) is 1. The molecule has 1 aliphatic carbocycles. The number of carbonyl (C=O) groups is 1. The van der Waals surface area contributed by atoms with Gasteiger partial charge in [0.15, 0.2) is 18.1 Å². The van der Waals surface area contributed by atoms with E-state index >= 15 is 0 Å². The van der Waals surface area contributed by atoms with E-state index in [9.17, 15) is 4.79 Å². The van der Waals surface area contributed by atoms with Gasteiger partial charge in [-0.15, -0.1) is 0 Å². The second kappa shape index (κ2) is 5.73. The molecule has 110 valence electrons. The van der Waals surface area contributed by atoms with E-state index in [1.54, 1.807) is 7.11 Å². The van der Waals surface area contributed by atoms with E-state index in [-0.39, 0.29) is 17.9 Å². The maximum atomic E-state index is 11.6. The zero-order chi connectivity index (χ0) is 14.8. The normalized spacial score (nSPS) is 14.8. The minimum Gasteiger partial charge on any atom is -0.493 e. The van der Waals surface area contributed by atoms with Crippen LogP contribution in [0, 0.1) is 0 Å². The van der Waals surface area contributed by atoms with Crippen molar-refractivity contribution >= 4 is 5.91 Å². The van der Waals surface area contributed by atoms with Crippen LogP contribution in [-0.2, 0) is 10.2 Å². The summed E-state index contributed by atoms with van der Waals surface area (Å²) < 4.78 is 10.9. The van der Waals surface area contributed by atoms with E-state index in [0.717, 1.165) is 12.8 Å². The third kappa shape index (κ3) is 3.89. The lowest BCUT2D eigenvalue weighted by Crippen LogP contribution is -2.30. The van der Waals surface area contributed by atoms with Gasteiger partial charge in [0.05, 0.1) is 7.11 Å². The Morgan fingerprint density at radius 3 is 2.55 bits per heavy atom. The Hall–Kier alpha value is -1.71. The summed E-state index contributed by atoms with van der Waals surface area (Å²) in [6.07, 6.45) is 2.16. The maximum Gasteiger partial charge on any atom is 0.258 e. The molecule has 0 spiro atoms. The highest BCUT2D eigenvalue weighted by atomic mass is 16.5. The van der Waals surface area contributed by atoms with Gasteiger partial charge in [0, 0.05) is 6.04 Å². The van der Waals surface area contributed by atoms with Crippen molar-refractivity contribution in [1.82, 2.24) is 5.32 Å². The highest BCUT2D eigenvalue weighted by Crippen LogP contribution is 2.33. The van der Waals surface area contributed by atoms with E-state index in [1.807, 2.05) is 18.2 Å². The summed E-state index contributed by atoms with van der Waals surface area (Å²) in [4.78, 5) is 11.6. The molecule has 0 aliphatic heterocycles. The number of hydrogen-bond donors (Lipinski definition) is 1. The lowest BCUT2D eigenvalue weighted by Gasteiger charge is -2.21. The molecule has 0 saturated heterocycles. The number of amides is 1. The molecule has 1 aliphatic rings. The summed E-state index contributed by atoms with van der Waals surface area (Å²) in [6.45, 7) is 6.46. The predicted molar refractivity (Wildman–Crippen MR) is 78.4 cm³/mol. The first-order valence-corrected chi connectivity index (χ1v) is 7.01. The Kier molecular flexibility index (Phi) is 4.21. The number of carbonyl (C=O) groups excluding carboxylic acids is 1. The highest BCUT2D eigenvalue weighted by molar-refractivity contribution is 5.78. The molecule has 1 aromatic rings. The standard InChI is InChI=1S/C16H23NO3/c1-16(2,3)11-5-8-13(14(9-11)19-4)20-10-15(18)17-12-6-7-12/h5,8-9,12H,6-7,10H2,1-4H3,(H,17,18). The van der Waals surface area contributed by atoms with Gasteiger partial charge in [0.1, 0.15) is 0 Å². The van der Waals surface area contributed by atoms with Crippen LogP contribution >= 0.6 is 0 Å². The zero-order valence-electron chi connectivity index (χ0n) is 12.7. The van der Waals surface area contributed by atoms with E-state index in [1.165, 1.54) is 5.56 Å². The van der Waals surface area contributed by atoms with Gasteiger partial charge in [0.25, 0.3) is 5.91 Å². The molecule has 20 heavy (non-hydrogen) atoms. The quantitative estimate of drug-likeness (QED) is 0.900. The second-order valence-corrected chi connectivity index (χ2v) is 6.25. The third-order valence-corrected chi connectivity index (χ3v) is 3.33. The zero-order valence-corrected chi connectivity index (χ0v) is 12.7. The number of benzene rings is 1. The molecule has 0 unspecified atom stereocenters. The number of ether oxygens (including phenoxy) is 2. The van der Waals surface area contributed by atoms with Crippen molar-refractivity contribution in [3.05, 3.63) is 23.8 Å². The Bertz CT molecular complexity index is 487. The van der Waals surface area contributed by atoms with Crippen LogP contribution in [0.3, 0.4) is 0 Å². The second-order valence-electron chi connectivity index (χ2n) is 6.25. The van der Waals surface area contributed by atoms with E-state index in [4.69, 9.17) is 9.47 Å². The van der Waals surface area contributed by atoms with Crippen LogP contribution in [0.25, 0.3) is 0 Å². The Balaban J connectivity index is 2.01. The average molecular weight is 277 g/mol. The summed E-state index contributed by atoms with van der Waals surface area (Å²) in [5, 5.41) is 2.89. The molecule has 2 rings (SSSR count). The smallest absolute Gasteiger partial charge is 0.258 e. The summed E-state index contributed by atoms with van der Waals surface area (Å²) in [5.41, 5.74) is 1.22. The van der Waals surface area contributed by atoms with Crippen molar-refractivity contribution in [1.29, 1.82) is 0 Å². The van der Waals surface area contributed by atoms with Gasteiger partial charge in [-0.3, -0.25) is 4.79 Å². The van der Waals surface area contributed by atoms with Crippen LogP contribution in [0.1, 0.15) is 39.2 Å². The minimum atomic E-state index is -0.0746. The summed E-state index contributed by atoms with van der Waals surface area (Å²) in [6, 6.07) is 6.20. The van der Waals surface area contributed by atoms with E-state index in [2.05, 4.69) is 26.1 Å². The molecule has 4 nitrogen and oxygen atoms in total. The Morgan fingerprint density at radius 1 is 1.30 bits per heavy atom. The fourth-order valence-corrected chi connectivity index (χ4v) is 1.89. The SMILES string of the molecule is COc1cc(C(C)(C)C)ccc1OCC(=O)NC1CC1. The van der Waals surface area contributed by atoms with Crippen molar-refractivity contribution in [2.45, 2.75) is 45.1 Å². The van der Waals surface area contributed by atoms with Crippen LogP contribution in [0.4, 0.5) is 0 Å². The Morgan fingerprint density at radius 2 is 2.00 bits per heavy atom. The number of rotatable bonds is 5. The molecule has 1 N–H and O–H groups in total. The lowest BCUT2D eigenvalue weighted by atomic mass is 9.87. The van der Waals surface area contributed by atoms with E-state index < -0.39 is 0 Å². The van der Waals surface area contributed by atoms with Crippen LogP contribution in [-0.4, -0.2) is 25.7 Å². The molecule has 0 aromatic heterocycles. The fourth-order valence-electron chi connectivity index (χ4n) is 1.89. The first kappa shape index (κ1) is 14.7. The monoisotopic (exact) mass is 277 g/mol. The Labute approximate surface area is 120 Å². The van der Waals surface area contributed by atoms with Gasteiger partial charge in [-0.25, -0.2) is 0 Å². The highest BCUT2D eigenvalue weighted by Gasteiger charge is 2.23. The number of methoxy groups -OCH3 is 1. The van der Waals surface area contributed by atoms with Gasteiger partial charge in [-0.1, -0.05) is 26.8 Å². The molecule has 1 fully saturated rings. The first-order valence-electron chi connectivity index (χ1n) is 7.01. The summed E-state index contributed by atoms with van der Waals surface area (Å²) in [5.74, 6) is 1.19. The molecule has 1 aromatic carbocycles. The van der Waals surface area contributed by atoms with Gasteiger partial charge in [-0.05, 0) is 36.0 Å². The molecule has 1 amide bonds. The van der Waals surface area contributed by atoms with Crippen LogP contribution in [0.15, 0.2) is 18.2 Å². The molecular formula is C16H23NO3. The molecule has 0 bridgehead atoms. The number of hydrogen-bond acceptors (Lipinski definition) is 3. The van der Waals surface area contributed by atoms with Gasteiger partial charge >= 0.3 is 0 Å². The molecule has 0 radical (unpaired) electrons. The fraction of sp³-hybridized carbons (Fsp3) is 0.562. The maximum absolute atomic E-state index is 11.6. The van der Waals surface area contributed by atoms with Crippen LogP contribution in [0.5, 0.6) is 11.5 Å². The van der Waals surface area contributed by atoms with Crippen molar-refractivity contribution in [2.75, 3.05) is 13.7 Å². The third-order valence-electron chi connectivity index (χ3n) is 3.33. The first-order chi connectivity index (χ1) is 9.40. The van der Waals surface area contributed by atoms with Crippen LogP contribution in [0.2, 0.25) is 0 Å². The molecule has 0 heterocycles. The van der Waals surface area contributed by atoms with Crippen molar-refractivity contribution in [2.24, 2.45) is 0 Å². The molecular weight excluding hydrogens is 254 g/mol. The van der Waals surface area contributed by atoms with Crippen molar-refractivity contribution in [3.8, 4) is 11.5 Å². The van der Waals surface area contributed by atoms with Gasteiger partial charge < -0.3 is 14.8 Å². The summed E-state index contributed by atoms with van der Waals surface area (Å²) >= 11 is 0. The largest absolute Gasteiger partial charge is 0.493 e. The molecule has 0 atom stereocenters. The lowest BCUT2D eigenvalue weighted by molar-refractivity contribution is -0.123. The molecule has 4 heteroatoms. The topological polar surface area (TPSA) is 47.6 Å². The van der Waals surface area contributed by atoms with Crippen molar-refractivity contribution < 1.29 is 14.3 Å². The minimum absolute atomic E-state index is 0.0295. The van der Waals surface area contributed by atoms with Crippen molar-refractivity contribution in [3.63, 3.8) is 0 Å². The van der Waals surface area contributed by atoms with Gasteiger partial charge in [0.2, 0.25) is 0 Å². The van der Waals surface area contributed by atoms with Crippen LogP contribution < -0.4 is 14.8 Å². The average Bonchev–Trinajstić information content (AvgIpc) is 3.18. The molecule has 1 saturated carbocycles. The predicted octanol–water partition coefficient (Wildman–Crippen LogP) is 2.65.